The van der Waals surface area contributed by atoms with E-state index in [9.17, 15) is 14.4 Å². The summed E-state index contributed by atoms with van der Waals surface area (Å²) in [6.07, 6.45) is 3.05. The molecule has 0 aromatic heterocycles. The van der Waals surface area contributed by atoms with Crippen LogP contribution in [0.25, 0.3) is 0 Å². The third kappa shape index (κ3) is 9.24. The van der Waals surface area contributed by atoms with Crippen molar-refractivity contribution in [2.75, 3.05) is 13.7 Å². The van der Waals surface area contributed by atoms with Crippen molar-refractivity contribution >= 4 is 18.0 Å². The van der Waals surface area contributed by atoms with Gasteiger partial charge in [-0.05, 0) is 110 Å². The molecule has 1 saturated heterocycles. The quantitative estimate of drug-likeness (QED) is 0.403. The minimum Gasteiger partial charge on any atom is -0.467 e. The highest BCUT2D eigenvalue weighted by molar-refractivity contribution is 5.97. The first-order valence-corrected chi connectivity index (χ1v) is 13.9. The molecule has 41 heavy (non-hydrogen) atoms. The second kappa shape index (κ2) is 12.5. The van der Waals surface area contributed by atoms with Gasteiger partial charge in [-0.2, -0.15) is 0 Å². The van der Waals surface area contributed by atoms with Gasteiger partial charge < -0.3 is 29.6 Å². The molecule has 1 heterocycles. The molecule has 2 aliphatic rings. The van der Waals surface area contributed by atoms with Gasteiger partial charge in [0.2, 0.25) is 0 Å². The molecule has 0 radical (unpaired) electrons. The number of carbonyl (C=O) groups excluding carboxylic acids is 3. The van der Waals surface area contributed by atoms with Crippen LogP contribution < -0.4 is 10.6 Å². The van der Waals surface area contributed by atoms with E-state index in [0.29, 0.717) is 17.7 Å². The summed E-state index contributed by atoms with van der Waals surface area (Å²) in [7, 11) is 1.21. The average molecular weight is 567 g/mol. The predicted molar refractivity (Wildman–Crippen MR) is 154 cm³/mol. The van der Waals surface area contributed by atoms with Crippen molar-refractivity contribution in [2.24, 2.45) is 5.92 Å². The molecule has 1 aliphatic heterocycles. The lowest BCUT2D eigenvalue weighted by atomic mass is 9.79. The Kier molecular flexibility index (Phi) is 9.79. The molecule has 9 heteroatoms. The summed E-state index contributed by atoms with van der Waals surface area (Å²) in [5.41, 5.74) is -1.09. The Hall–Kier alpha value is -3.53. The molecule has 0 unspecified atom stereocenters. The summed E-state index contributed by atoms with van der Waals surface area (Å²) in [5.74, 6) is 10.7. The number of hydrogen-bond acceptors (Lipinski definition) is 7. The van der Waals surface area contributed by atoms with E-state index < -0.39 is 40.9 Å². The standard InChI is InChI=1S/C32H42N2O7/c1-29(2,3)40-28(37)34-30(4,5)25(27(36)38-8)33-26(35)24-15-13-22(14-16-24)11-9-10-12-23-17-19-32(20-18-23)21-39-31(6,7)41-32/h13-16,23,25H,17-21H2,1-8H3,(H,33,35)(H,34,37)/t23?,25-,32?/m1/s1. The normalized spacial score (nSPS) is 22.3. The van der Waals surface area contributed by atoms with Crippen LogP contribution in [0.4, 0.5) is 4.79 Å². The van der Waals surface area contributed by atoms with E-state index >= 15 is 0 Å². The van der Waals surface area contributed by atoms with Crippen molar-refractivity contribution in [2.45, 2.75) is 103 Å². The second-order valence-corrected chi connectivity index (χ2v) is 12.6. The first kappa shape index (κ1) is 32.0. The zero-order valence-corrected chi connectivity index (χ0v) is 25.4. The van der Waals surface area contributed by atoms with E-state index in [2.05, 4.69) is 34.3 Å². The number of carbonyl (C=O) groups is 3. The minimum absolute atomic E-state index is 0.178. The Labute approximate surface area is 243 Å². The van der Waals surface area contributed by atoms with E-state index in [1.165, 1.54) is 7.11 Å². The Morgan fingerprint density at radius 1 is 1.02 bits per heavy atom. The molecule has 1 aromatic carbocycles. The smallest absolute Gasteiger partial charge is 0.408 e. The molecule has 9 nitrogen and oxygen atoms in total. The summed E-state index contributed by atoms with van der Waals surface area (Å²) in [6.45, 7) is 12.9. The van der Waals surface area contributed by atoms with Crippen LogP contribution in [-0.2, 0) is 23.7 Å². The molecule has 0 bridgehead atoms. The van der Waals surface area contributed by atoms with E-state index in [-0.39, 0.29) is 11.5 Å². The third-order valence-corrected chi connectivity index (χ3v) is 6.99. The molecule has 3 rings (SSSR count). The van der Waals surface area contributed by atoms with Crippen molar-refractivity contribution in [3.05, 3.63) is 35.4 Å². The van der Waals surface area contributed by atoms with Gasteiger partial charge in [-0.3, -0.25) is 4.79 Å². The summed E-state index contributed by atoms with van der Waals surface area (Å²) in [4.78, 5) is 37.8. The highest BCUT2D eigenvalue weighted by Gasteiger charge is 2.47. The van der Waals surface area contributed by atoms with Gasteiger partial charge in [-0.15, -0.1) is 0 Å². The van der Waals surface area contributed by atoms with Crippen LogP contribution in [0, 0.1) is 29.6 Å². The van der Waals surface area contributed by atoms with Gasteiger partial charge in [-0.25, -0.2) is 9.59 Å². The minimum atomic E-state index is -1.21. The van der Waals surface area contributed by atoms with Crippen LogP contribution in [0.15, 0.2) is 24.3 Å². The molecule has 1 aliphatic carbocycles. The number of esters is 1. The third-order valence-electron chi connectivity index (χ3n) is 6.99. The second-order valence-electron chi connectivity index (χ2n) is 12.6. The van der Waals surface area contributed by atoms with Gasteiger partial charge in [0.15, 0.2) is 5.79 Å². The fourth-order valence-corrected chi connectivity index (χ4v) is 4.87. The summed E-state index contributed by atoms with van der Waals surface area (Å²) >= 11 is 0. The number of amides is 2. The van der Waals surface area contributed by atoms with Crippen LogP contribution in [-0.4, -0.2) is 60.3 Å². The lowest BCUT2D eigenvalue weighted by molar-refractivity contribution is -0.168. The van der Waals surface area contributed by atoms with Crippen molar-refractivity contribution in [3.63, 3.8) is 0 Å². The predicted octanol–water partition coefficient (Wildman–Crippen LogP) is 4.33. The monoisotopic (exact) mass is 566 g/mol. The van der Waals surface area contributed by atoms with Gasteiger partial charge in [0, 0.05) is 17.0 Å². The van der Waals surface area contributed by atoms with Gasteiger partial charge >= 0.3 is 12.1 Å². The van der Waals surface area contributed by atoms with E-state index in [0.717, 1.165) is 25.7 Å². The van der Waals surface area contributed by atoms with Crippen LogP contribution in [0.5, 0.6) is 0 Å². The Morgan fingerprint density at radius 3 is 2.20 bits per heavy atom. The van der Waals surface area contributed by atoms with Crippen LogP contribution in [0.3, 0.4) is 0 Å². The lowest BCUT2D eigenvalue weighted by Gasteiger charge is -2.34. The van der Waals surface area contributed by atoms with Crippen LogP contribution >= 0.6 is 0 Å². The number of ether oxygens (including phenoxy) is 4. The van der Waals surface area contributed by atoms with Crippen molar-refractivity contribution in [1.82, 2.24) is 10.6 Å². The zero-order valence-electron chi connectivity index (χ0n) is 25.4. The van der Waals surface area contributed by atoms with Gasteiger partial charge in [0.1, 0.15) is 11.6 Å². The van der Waals surface area contributed by atoms with Crippen molar-refractivity contribution in [3.8, 4) is 23.7 Å². The Balaban J connectivity index is 1.57. The average Bonchev–Trinajstić information content (AvgIpc) is 3.18. The van der Waals surface area contributed by atoms with E-state index in [1.54, 1.807) is 58.9 Å². The van der Waals surface area contributed by atoms with E-state index in [1.807, 2.05) is 13.8 Å². The fraction of sp³-hybridized carbons (Fsp3) is 0.594. The molecule has 2 amide bonds. The molecule has 222 valence electrons. The highest BCUT2D eigenvalue weighted by atomic mass is 16.8. The molecular weight excluding hydrogens is 524 g/mol. The number of methoxy groups -OCH3 is 1. The van der Waals surface area contributed by atoms with E-state index in [4.69, 9.17) is 18.9 Å². The maximum Gasteiger partial charge on any atom is 0.408 e. The molecular formula is C32H42N2O7. The van der Waals surface area contributed by atoms with Crippen molar-refractivity contribution in [1.29, 1.82) is 0 Å². The molecule has 1 spiro atoms. The number of benzene rings is 1. The molecule has 1 aromatic rings. The van der Waals surface area contributed by atoms with Crippen LogP contribution in [0.2, 0.25) is 0 Å². The maximum absolute atomic E-state index is 13.0. The molecule has 1 atom stereocenters. The molecule has 2 fully saturated rings. The Morgan fingerprint density at radius 2 is 1.66 bits per heavy atom. The zero-order chi connectivity index (χ0) is 30.5. The first-order valence-electron chi connectivity index (χ1n) is 13.9. The number of rotatable bonds is 5. The summed E-state index contributed by atoms with van der Waals surface area (Å²) in [5, 5.41) is 5.31. The molecule has 1 saturated carbocycles. The van der Waals surface area contributed by atoms with Gasteiger partial charge in [0.05, 0.1) is 24.9 Å². The SMILES string of the molecule is COC(=O)[C@@H](NC(=O)c1ccc(C#CC#CC2CCC3(CC2)COC(C)(C)O3)cc1)C(C)(C)NC(=O)OC(C)(C)C. The summed E-state index contributed by atoms with van der Waals surface area (Å²) in [6, 6.07) is 5.48. The van der Waals surface area contributed by atoms with Gasteiger partial charge in [0.25, 0.3) is 5.91 Å². The largest absolute Gasteiger partial charge is 0.467 e. The maximum atomic E-state index is 13.0. The lowest BCUT2D eigenvalue weighted by Crippen LogP contribution is -2.62. The number of alkyl carbamates (subject to hydrolysis) is 1. The fourth-order valence-electron chi connectivity index (χ4n) is 4.87. The summed E-state index contributed by atoms with van der Waals surface area (Å²) < 4.78 is 22.1. The number of nitrogens with one attached hydrogen (secondary N) is 2. The van der Waals surface area contributed by atoms with Crippen molar-refractivity contribution < 1.29 is 33.3 Å². The first-order chi connectivity index (χ1) is 19.0. The van der Waals surface area contributed by atoms with Gasteiger partial charge in [-0.1, -0.05) is 11.8 Å². The topological polar surface area (TPSA) is 112 Å². The highest BCUT2D eigenvalue weighted by Crippen LogP contribution is 2.42. The van der Waals surface area contributed by atoms with Crippen LogP contribution in [0.1, 0.15) is 90.1 Å². The molecule has 2 N–H and O–H groups in total. The Bertz CT molecular complexity index is 1250. The number of hydrogen-bond donors (Lipinski definition) is 2.